The second kappa shape index (κ2) is 9.85. The second-order valence-electron chi connectivity index (χ2n) is 9.51. The minimum atomic E-state index is -0.0532. The molecule has 4 aromatic rings. The summed E-state index contributed by atoms with van der Waals surface area (Å²) < 4.78 is 2.01. The van der Waals surface area contributed by atoms with Gasteiger partial charge in [0.15, 0.2) is 5.82 Å². The zero-order chi connectivity index (χ0) is 23.5. The van der Waals surface area contributed by atoms with E-state index in [9.17, 15) is 4.79 Å². The summed E-state index contributed by atoms with van der Waals surface area (Å²) in [6.07, 6.45) is 9.59. The fourth-order valence-corrected chi connectivity index (χ4v) is 5.13. The number of aryl methyl sites for hydroxylation is 2. The lowest BCUT2D eigenvalue weighted by Crippen LogP contribution is -2.29. The van der Waals surface area contributed by atoms with Gasteiger partial charge in [0.05, 0.1) is 18.1 Å². The van der Waals surface area contributed by atoms with Crippen molar-refractivity contribution in [3.8, 4) is 0 Å². The Bertz CT molecular complexity index is 1320. The van der Waals surface area contributed by atoms with Crippen LogP contribution in [0.2, 0.25) is 0 Å². The van der Waals surface area contributed by atoms with Crippen LogP contribution in [-0.2, 0) is 19.6 Å². The highest BCUT2D eigenvalue weighted by molar-refractivity contribution is 5.82. The number of aromatic amines is 1. The zero-order valence-corrected chi connectivity index (χ0v) is 19.9. The quantitative estimate of drug-likeness (QED) is 0.446. The fourth-order valence-electron chi connectivity index (χ4n) is 5.13. The first-order valence-electron chi connectivity index (χ1n) is 12.1. The number of nitrogens with zero attached hydrogens (tertiary/aromatic N) is 6. The molecule has 8 heteroatoms. The molecule has 0 bridgehead atoms. The Morgan fingerprint density at radius 2 is 1.94 bits per heavy atom. The van der Waals surface area contributed by atoms with E-state index in [-0.39, 0.29) is 5.56 Å². The number of fused-ring (bicyclic) bond motifs is 1. The third-order valence-corrected chi connectivity index (χ3v) is 6.74. The Morgan fingerprint density at radius 3 is 2.74 bits per heavy atom. The number of benzene rings is 1. The van der Waals surface area contributed by atoms with E-state index >= 15 is 0 Å². The molecule has 0 amide bonds. The van der Waals surface area contributed by atoms with Crippen LogP contribution < -0.4 is 5.56 Å². The van der Waals surface area contributed by atoms with Crippen molar-refractivity contribution in [2.24, 2.45) is 0 Å². The van der Waals surface area contributed by atoms with E-state index in [4.69, 9.17) is 0 Å². The summed E-state index contributed by atoms with van der Waals surface area (Å²) in [7, 11) is 0. The van der Waals surface area contributed by atoms with Crippen molar-refractivity contribution in [3.05, 3.63) is 81.2 Å². The van der Waals surface area contributed by atoms with Gasteiger partial charge in [0, 0.05) is 31.0 Å². The maximum atomic E-state index is 13.0. The van der Waals surface area contributed by atoms with E-state index in [1.807, 2.05) is 29.9 Å². The molecule has 1 aliphatic carbocycles. The van der Waals surface area contributed by atoms with Gasteiger partial charge in [-0.15, -0.1) is 5.10 Å². The van der Waals surface area contributed by atoms with E-state index in [0.717, 1.165) is 46.3 Å². The number of pyridine rings is 2. The topological polar surface area (TPSA) is 92.6 Å². The first kappa shape index (κ1) is 22.4. The number of hydrogen-bond acceptors (Lipinski definition) is 6. The number of hydrogen-bond donors (Lipinski definition) is 1. The maximum Gasteiger partial charge on any atom is 0.252 e. The highest BCUT2D eigenvalue weighted by Crippen LogP contribution is 2.28. The molecule has 0 saturated heterocycles. The molecular weight excluding hydrogens is 426 g/mol. The number of H-pyrrole nitrogens is 1. The van der Waals surface area contributed by atoms with Gasteiger partial charge in [-0.05, 0) is 71.8 Å². The maximum absolute atomic E-state index is 13.0. The van der Waals surface area contributed by atoms with Crippen molar-refractivity contribution in [2.75, 3.05) is 0 Å². The Kier molecular flexibility index (Phi) is 6.49. The monoisotopic (exact) mass is 457 g/mol. The summed E-state index contributed by atoms with van der Waals surface area (Å²) in [4.78, 5) is 22.6. The van der Waals surface area contributed by atoms with Crippen LogP contribution in [0.5, 0.6) is 0 Å². The first-order valence-corrected chi connectivity index (χ1v) is 12.1. The molecule has 3 heterocycles. The number of aromatic nitrogens is 6. The highest BCUT2D eigenvalue weighted by Gasteiger charge is 2.22. The van der Waals surface area contributed by atoms with Crippen LogP contribution in [-0.4, -0.2) is 35.1 Å². The molecule has 0 spiro atoms. The number of tetrazole rings is 1. The average Bonchev–Trinajstić information content (AvgIpc) is 3.29. The van der Waals surface area contributed by atoms with Gasteiger partial charge in [0.2, 0.25) is 0 Å². The minimum Gasteiger partial charge on any atom is -0.321 e. The molecule has 1 N–H and O–H groups in total. The molecule has 176 valence electrons. The van der Waals surface area contributed by atoms with Crippen LogP contribution in [0.15, 0.2) is 47.5 Å². The lowest BCUT2D eigenvalue weighted by atomic mass is 9.95. The van der Waals surface area contributed by atoms with E-state index in [0.29, 0.717) is 25.7 Å². The number of rotatable bonds is 7. The van der Waals surface area contributed by atoms with Gasteiger partial charge in [-0.2, -0.15) is 0 Å². The summed E-state index contributed by atoms with van der Waals surface area (Å²) in [5.41, 5.74) is 4.93. The van der Waals surface area contributed by atoms with Gasteiger partial charge in [0.25, 0.3) is 5.56 Å². The third-order valence-electron chi connectivity index (χ3n) is 6.74. The molecule has 0 radical (unpaired) electrons. The molecule has 1 aliphatic rings. The molecule has 1 fully saturated rings. The summed E-state index contributed by atoms with van der Waals surface area (Å²) in [6, 6.07) is 10.6. The predicted molar refractivity (Wildman–Crippen MR) is 131 cm³/mol. The first-order chi connectivity index (χ1) is 16.6. The molecule has 1 aromatic carbocycles. The van der Waals surface area contributed by atoms with Crippen molar-refractivity contribution in [3.63, 3.8) is 0 Å². The lowest BCUT2D eigenvalue weighted by Gasteiger charge is -2.25. The Labute approximate surface area is 199 Å². The van der Waals surface area contributed by atoms with Crippen LogP contribution in [0.25, 0.3) is 10.9 Å². The fraction of sp³-hybridized carbons (Fsp3) is 0.423. The molecule has 34 heavy (non-hydrogen) atoms. The predicted octanol–water partition coefficient (Wildman–Crippen LogP) is 4.23. The summed E-state index contributed by atoms with van der Waals surface area (Å²) >= 11 is 0. The van der Waals surface area contributed by atoms with Crippen LogP contribution in [0.1, 0.15) is 66.2 Å². The normalized spacial score (nSPS) is 14.8. The Morgan fingerprint density at radius 1 is 1.09 bits per heavy atom. The highest BCUT2D eigenvalue weighted by atomic mass is 16.1. The average molecular weight is 458 g/mol. The van der Waals surface area contributed by atoms with E-state index in [1.54, 1.807) is 6.20 Å². The standard InChI is InChI=1S/C26H31N7O/c1-18-11-19(2)25-21(12-18)13-22(26(34)28-25)16-32(15-20-7-6-10-27-14-20)17-24-29-30-31-33(24)23-8-4-3-5-9-23/h6-7,10-14,23H,3-5,8-9,15-17H2,1-2H3,(H,28,34). The molecular formula is C26H31N7O. The van der Waals surface area contributed by atoms with Crippen molar-refractivity contribution >= 4 is 10.9 Å². The van der Waals surface area contributed by atoms with Crippen LogP contribution in [0, 0.1) is 13.8 Å². The van der Waals surface area contributed by atoms with Crippen molar-refractivity contribution in [1.82, 2.24) is 35.1 Å². The smallest absolute Gasteiger partial charge is 0.252 e. The Balaban J connectivity index is 1.46. The summed E-state index contributed by atoms with van der Waals surface area (Å²) in [5.74, 6) is 0.847. The van der Waals surface area contributed by atoms with E-state index in [1.165, 1.54) is 24.8 Å². The van der Waals surface area contributed by atoms with Gasteiger partial charge in [0.1, 0.15) is 0 Å². The van der Waals surface area contributed by atoms with Crippen molar-refractivity contribution in [1.29, 1.82) is 0 Å². The molecule has 0 unspecified atom stereocenters. The second-order valence-corrected chi connectivity index (χ2v) is 9.51. The lowest BCUT2D eigenvalue weighted by molar-refractivity contribution is 0.225. The van der Waals surface area contributed by atoms with Crippen LogP contribution in [0.4, 0.5) is 0 Å². The molecule has 5 rings (SSSR count). The molecule has 1 saturated carbocycles. The SMILES string of the molecule is Cc1cc(C)c2[nH]c(=O)c(CN(Cc3cccnc3)Cc3nnnn3C3CCCCC3)cc2c1. The van der Waals surface area contributed by atoms with Crippen molar-refractivity contribution < 1.29 is 0 Å². The largest absolute Gasteiger partial charge is 0.321 e. The number of nitrogens with one attached hydrogen (secondary N) is 1. The minimum absolute atomic E-state index is 0.0532. The third kappa shape index (κ3) is 4.92. The van der Waals surface area contributed by atoms with E-state index < -0.39 is 0 Å². The molecule has 8 nitrogen and oxygen atoms in total. The van der Waals surface area contributed by atoms with Crippen LogP contribution >= 0.6 is 0 Å². The molecule has 0 aliphatic heterocycles. The Hall–Kier alpha value is -3.39. The van der Waals surface area contributed by atoms with Crippen molar-refractivity contribution in [2.45, 2.75) is 71.6 Å². The van der Waals surface area contributed by atoms with Gasteiger partial charge in [-0.1, -0.05) is 37.0 Å². The van der Waals surface area contributed by atoms with Gasteiger partial charge in [-0.3, -0.25) is 14.7 Å². The summed E-state index contributed by atoms with van der Waals surface area (Å²) in [6.45, 7) is 5.81. The molecule has 0 atom stereocenters. The van der Waals surface area contributed by atoms with Gasteiger partial charge < -0.3 is 4.98 Å². The zero-order valence-electron chi connectivity index (χ0n) is 19.9. The van der Waals surface area contributed by atoms with Gasteiger partial charge in [-0.25, -0.2) is 4.68 Å². The van der Waals surface area contributed by atoms with E-state index in [2.05, 4.69) is 55.5 Å². The summed E-state index contributed by atoms with van der Waals surface area (Å²) in [5, 5.41) is 13.8. The molecule has 3 aromatic heterocycles. The van der Waals surface area contributed by atoms with Gasteiger partial charge >= 0.3 is 0 Å². The van der Waals surface area contributed by atoms with Crippen LogP contribution in [0.3, 0.4) is 0 Å².